The predicted molar refractivity (Wildman–Crippen MR) is 86.2 cm³/mol. The van der Waals surface area contributed by atoms with Gasteiger partial charge in [-0.15, -0.1) is 0 Å². The van der Waals surface area contributed by atoms with E-state index in [0.29, 0.717) is 6.42 Å². The van der Waals surface area contributed by atoms with Crippen LogP contribution in [0.1, 0.15) is 91.4 Å². The van der Waals surface area contributed by atoms with E-state index >= 15 is 0 Å². The third-order valence-electron chi connectivity index (χ3n) is 3.63. The van der Waals surface area contributed by atoms with E-state index in [9.17, 15) is 9.46 Å². The molecule has 0 aliphatic rings. The van der Waals surface area contributed by atoms with Gasteiger partial charge in [-0.25, -0.2) is 0 Å². The van der Waals surface area contributed by atoms with E-state index in [0.717, 1.165) is 19.3 Å². The summed E-state index contributed by atoms with van der Waals surface area (Å²) in [6.07, 6.45) is 12.5. The van der Waals surface area contributed by atoms with Crippen molar-refractivity contribution in [3.63, 3.8) is 0 Å². The standard InChI is InChI=1S/C16H35O4P.Na/c1-4-6-7-8-9-10-11-12-13-14-15-19-21(17,18)20-16(3)5-2;/h16H,4-15H2,1-3H3,(H,17,18);/q;+1/p-1. The van der Waals surface area contributed by atoms with Crippen LogP contribution in [0.4, 0.5) is 0 Å². The largest absolute Gasteiger partial charge is 1.00 e. The summed E-state index contributed by atoms with van der Waals surface area (Å²) in [5, 5.41) is 0. The molecule has 0 heterocycles. The molecule has 0 radical (unpaired) electrons. The molecule has 128 valence electrons. The summed E-state index contributed by atoms with van der Waals surface area (Å²) >= 11 is 0. The molecule has 0 spiro atoms. The van der Waals surface area contributed by atoms with Gasteiger partial charge < -0.3 is 13.9 Å². The van der Waals surface area contributed by atoms with Crippen molar-refractivity contribution in [1.29, 1.82) is 0 Å². The minimum atomic E-state index is -4.09. The summed E-state index contributed by atoms with van der Waals surface area (Å²) < 4.78 is 21.2. The topological polar surface area (TPSA) is 58.6 Å². The number of phosphoric acid groups is 1. The molecule has 0 saturated heterocycles. The van der Waals surface area contributed by atoms with E-state index in [1.807, 2.05) is 6.92 Å². The number of rotatable bonds is 15. The molecule has 0 aromatic rings. The Morgan fingerprint density at radius 2 is 1.36 bits per heavy atom. The molecule has 0 saturated carbocycles. The van der Waals surface area contributed by atoms with Gasteiger partial charge >= 0.3 is 29.6 Å². The van der Waals surface area contributed by atoms with Gasteiger partial charge in [-0.2, -0.15) is 0 Å². The fourth-order valence-corrected chi connectivity index (χ4v) is 3.09. The summed E-state index contributed by atoms with van der Waals surface area (Å²) in [5.74, 6) is 0. The smallest absolute Gasteiger partial charge is 0.756 e. The predicted octanol–water partition coefficient (Wildman–Crippen LogP) is 2.21. The minimum Gasteiger partial charge on any atom is -0.756 e. The first-order valence-electron chi connectivity index (χ1n) is 8.65. The molecule has 0 fully saturated rings. The van der Waals surface area contributed by atoms with Crippen LogP contribution in [-0.4, -0.2) is 12.7 Å². The average Bonchev–Trinajstić information content (AvgIpc) is 2.44. The van der Waals surface area contributed by atoms with Gasteiger partial charge in [0.1, 0.15) is 0 Å². The third-order valence-corrected chi connectivity index (χ3v) is 4.75. The molecule has 6 heteroatoms. The third kappa shape index (κ3) is 17.5. The van der Waals surface area contributed by atoms with Crippen LogP contribution in [0.15, 0.2) is 0 Å². The Bertz CT molecular complexity index is 277. The Kier molecular flexibility index (Phi) is 19.5. The van der Waals surface area contributed by atoms with Crippen LogP contribution >= 0.6 is 7.82 Å². The SMILES string of the molecule is CCCCCCCCCCCCOP(=O)([O-])OC(C)CC.[Na+]. The second-order valence-corrected chi connectivity index (χ2v) is 7.15. The van der Waals surface area contributed by atoms with Gasteiger partial charge in [-0.05, 0) is 19.8 Å². The molecule has 2 atom stereocenters. The van der Waals surface area contributed by atoms with Gasteiger partial charge in [0, 0.05) is 0 Å². The Morgan fingerprint density at radius 3 is 1.82 bits per heavy atom. The zero-order chi connectivity index (χ0) is 16.0. The summed E-state index contributed by atoms with van der Waals surface area (Å²) in [4.78, 5) is 11.4. The first kappa shape index (κ1) is 25.4. The van der Waals surface area contributed by atoms with Crippen LogP contribution in [0.5, 0.6) is 0 Å². The van der Waals surface area contributed by atoms with E-state index in [-0.39, 0.29) is 42.3 Å². The number of unbranched alkanes of at least 4 members (excludes halogenated alkanes) is 9. The molecule has 0 aromatic carbocycles. The molecule has 0 aromatic heterocycles. The van der Waals surface area contributed by atoms with Gasteiger partial charge in [0.15, 0.2) is 0 Å². The second-order valence-electron chi connectivity index (χ2n) is 5.79. The van der Waals surface area contributed by atoms with Crippen molar-refractivity contribution < 1.29 is 48.1 Å². The Labute approximate surface area is 159 Å². The maximum Gasteiger partial charge on any atom is 1.00 e. The van der Waals surface area contributed by atoms with Gasteiger partial charge in [0.05, 0.1) is 12.7 Å². The number of hydrogen-bond donors (Lipinski definition) is 0. The van der Waals surface area contributed by atoms with E-state index in [4.69, 9.17) is 9.05 Å². The molecule has 0 bridgehead atoms. The molecule has 0 aliphatic carbocycles. The molecular weight excluding hydrogens is 310 g/mol. The van der Waals surface area contributed by atoms with Gasteiger partial charge in [-0.1, -0.05) is 71.6 Å². The van der Waals surface area contributed by atoms with E-state index in [1.165, 1.54) is 44.9 Å². The quantitative estimate of drug-likeness (QED) is 0.260. The number of phosphoric ester groups is 1. The van der Waals surface area contributed by atoms with Crippen molar-refractivity contribution in [3.8, 4) is 0 Å². The van der Waals surface area contributed by atoms with Crippen molar-refractivity contribution in [1.82, 2.24) is 0 Å². The summed E-state index contributed by atoms with van der Waals surface area (Å²) in [5.41, 5.74) is 0. The average molecular weight is 344 g/mol. The molecule has 0 amide bonds. The Balaban J connectivity index is 0. The molecule has 4 nitrogen and oxygen atoms in total. The van der Waals surface area contributed by atoms with Crippen LogP contribution in [0.2, 0.25) is 0 Å². The Hall–Kier alpha value is 1.11. The van der Waals surface area contributed by atoms with Crippen molar-refractivity contribution >= 4 is 7.82 Å². The van der Waals surface area contributed by atoms with Crippen molar-refractivity contribution in [2.45, 2.75) is 97.5 Å². The fraction of sp³-hybridized carbons (Fsp3) is 1.00. The molecular formula is C16H34NaO4P. The zero-order valence-electron chi connectivity index (χ0n) is 15.1. The number of hydrogen-bond acceptors (Lipinski definition) is 4. The van der Waals surface area contributed by atoms with Gasteiger partial charge in [0.25, 0.3) is 7.82 Å². The first-order valence-corrected chi connectivity index (χ1v) is 10.1. The maximum absolute atomic E-state index is 11.4. The molecule has 0 aliphatic heterocycles. The first-order chi connectivity index (χ1) is 10.0. The second kappa shape index (κ2) is 17.0. The Morgan fingerprint density at radius 1 is 0.909 bits per heavy atom. The van der Waals surface area contributed by atoms with Crippen molar-refractivity contribution in [2.24, 2.45) is 0 Å². The molecule has 2 unspecified atom stereocenters. The van der Waals surface area contributed by atoms with Crippen molar-refractivity contribution in [2.75, 3.05) is 6.61 Å². The summed E-state index contributed by atoms with van der Waals surface area (Å²) in [6, 6.07) is 0. The maximum atomic E-state index is 11.4. The molecule has 0 N–H and O–H groups in total. The van der Waals surface area contributed by atoms with Gasteiger partial charge in [-0.3, -0.25) is 4.57 Å². The van der Waals surface area contributed by atoms with Crippen LogP contribution in [-0.2, 0) is 13.6 Å². The van der Waals surface area contributed by atoms with Crippen LogP contribution < -0.4 is 34.5 Å². The molecule has 22 heavy (non-hydrogen) atoms. The van der Waals surface area contributed by atoms with E-state index < -0.39 is 7.82 Å². The fourth-order valence-electron chi connectivity index (χ4n) is 2.09. The summed E-state index contributed by atoms with van der Waals surface area (Å²) in [7, 11) is -4.09. The van der Waals surface area contributed by atoms with Crippen LogP contribution in [0.25, 0.3) is 0 Å². The normalized spacial score (nSPS) is 15.1. The van der Waals surface area contributed by atoms with Crippen molar-refractivity contribution in [3.05, 3.63) is 0 Å². The molecule has 0 rings (SSSR count). The van der Waals surface area contributed by atoms with Gasteiger partial charge in [0.2, 0.25) is 0 Å². The minimum absolute atomic E-state index is 0. The van der Waals surface area contributed by atoms with E-state index in [2.05, 4.69) is 6.92 Å². The van der Waals surface area contributed by atoms with Crippen LogP contribution in [0.3, 0.4) is 0 Å². The van der Waals surface area contributed by atoms with Crippen LogP contribution in [0, 0.1) is 0 Å². The zero-order valence-corrected chi connectivity index (χ0v) is 18.0. The monoisotopic (exact) mass is 344 g/mol. The summed E-state index contributed by atoms with van der Waals surface area (Å²) in [6.45, 7) is 6.09. The van der Waals surface area contributed by atoms with E-state index in [1.54, 1.807) is 6.92 Å².